The van der Waals surface area contributed by atoms with Crippen LogP contribution in [-0.2, 0) is 33.3 Å². The molecule has 0 aliphatic heterocycles. The van der Waals surface area contributed by atoms with Gasteiger partial charge in [-0.2, -0.15) is 0 Å². The number of ether oxygens (including phenoxy) is 4. The molecule has 0 fully saturated rings. The van der Waals surface area contributed by atoms with Crippen molar-refractivity contribution >= 4 is 17.9 Å². The van der Waals surface area contributed by atoms with Gasteiger partial charge in [0.2, 0.25) is 0 Å². The van der Waals surface area contributed by atoms with Crippen LogP contribution in [0.3, 0.4) is 0 Å². The number of allylic oxidation sites excluding steroid dienone is 12. The Labute approximate surface area is 360 Å². The maximum Gasteiger partial charge on any atom is 0.361 e. The standard InChI is InChI=1S/C50H85NO8/c1-6-8-10-12-14-16-18-20-22-24-26-28-30-32-34-36-38-40-47(52)57-44-46(45-58-50(49(54)55)56-43-42-51(3,4)5)59-48(53)41-39-37-35-33-31-29-27-25-23-21-19-17-15-13-11-9-7-2/h9,11,15,17,20-23,27,29,33,35,46,50H,6-8,10,12-14,16,18-19,24-26,28,30-32,34,36-45H2,1-5H3/p+1/b11-9-,17-15-,22-20-,23-21-,29-27-,35-33-. The maximum atomic E-state index is 12.7. The number of aliphatic carboxylic acids is 1. The number of hydrogen-bond donors (Lipinski definition) is 1. The third kappa shape index (κ3) is 42.7. The van der Waals surface area contributed by atoms with Crippen molar-refractivity contribution in [3.8, 4) is 0 Å². The summed E-state index contributed by atoms with van der Waals surface area (Å²) < 4.78 is 22.7. The van der Waals surface area contributed by atoms with Gasteiger partial charge in [-0.05, 0) is 77.0 Å². The van der Waals surface area contributed by atoms with E-state index in [1.54, 1.807) is 0 Å². The monoisotopic (exact) mass is 829 g/mol. The van der Waals surface area contributed by atoms with Gasteiger partial charge < -0.3 is 28.5 Å². The van der Waals surface area contributed by atoms with Crippen LogP contribution in [0.15, 0.2) is 72.9 Å². The highest BCUT2D eigenvalue weighted by Crippen LogP contribution is 2.13. The van der Waals surface area contributed by atoms with Crippen LogP contribution in [0.4, 0.5) is 0 Å². The highest BCUT2D eigenvalue weighted by atomic mass is 16.7. The second-order valence-corrected chi connectivity index (χ2v) is 16.3. The van der Waals surface area contributed by atoms with Gasteiger partial charge in [-0.3, -0.25) is 9.59 Å². The van der Waals surface area contributed by atoms with E-state index in [-0.39, 0.29) is 38.6 Å². The van der Waals surface area contributed by atoms with Crippen molar-refractivity contribution in [2.75, 3.05) is 47.5 Å². The Morgan fingerprint density at radius 3 is 1.51 bits per heavy atom. The normalized spacial score (nSPS) is 13.6. The number of quaternary nitrogens is 1. The Morgan fingerprint density at radius 1 is 0.525 bits per heavy atom. The zero-order valence-electron chi connectivity index (χ0n) is 38.1. The molecule has 0 saturated carbocycles. The fourth-order valence-electron chi connectivity index (χ4n) is 5.86. The SMILES string of the molecule is CC/C=C\C/C=C\C/C=C\C/C=C\C/C=C\CCCC(=O)OC(COC(=O)CCCCCCCCC/C=C\CCCCCCCC)COC(OCC[N+](C)(C)C)C(=O)O. The van der Waals surface area contributed by atoms with E-state index in [9.17, 15) is 19.5 Å². The van der Waals surface area contributed by atoms with Crippen LogP contribution in [0, 0.1) is 0 Å². The average Bonchev–Trinajstić information content (AvgIpc) is 3.19. The van der Waals surface area contributed by atoms with E-state index in [1.807, 2.05) is 21.1 Å². The van der Waals surface area contributed by atoms with Gasteiger partial charge >= 0.3 is 17.9 Å². The molecule has 338 valence electrons. The molecule has 0 aliphatic carbocycles. The molecular weight excluding hydrogens is 743 g/mol. The predicted molar refractivity (Wildman–Crippen MR) is 244 cm³/mol. The van der Waals surface area contributed by atoms with Crippen LogP contribution in [0.5, 0.6) is 0 Å². The van der Waals surface area contributed by atoms with E-state index in [4.69, 9.17) is 18.9 Å². The molecule has 0 heterocycles. The summed E-state index contributed by atoms with van der Waals surface area (Å²) in [5, 5.41) is 9.64. The molecule has 9 nitrogen and oxygen atoms in total. The topological polar surface area (TPSA) is 108 Å². The van der Waals surface area contributed by atoms with E-state index in [0.29, 0.717) is 17.4 Å². The lowest BCUT2D eigenvalue weighted by Crippen LogP contribution is -2.40. The number of esters is 2. The molecule has 0 spiro atoms. The molecule has 0 bridgehead atoms. The molecule has 2 unspecified atom stereocenters. The van der Waals surface area contributed by atoms with Crippen LogP contribution in [-0.4, -0.2) is 87.4 Å². The minimum atomic E-state index is -1.53. The highest BCUT2D eigenvalue weighted by Gasteiger charge is 2.25. The van der Waals surface area contributed by atoms with Crippen molar-refractivity contribution in [3.05, 3.63) is 72.9 Å². The van der Waals surface area contributed by atoms with Crippen LogP contribution in [0.1, 0.15) is 168 Å². The van der Waals surface area contributed by atoms with E-state index in [0.717, 1.165) is 70.6 Å². The number of unbranched alkanes of at least 4 members (excludes halogenated alkanes) is 14. The lowest BCUT2D eigenvalue weighted by molar-refractivity contribution is -0.870. The summed E-state index contributed by atoms with van der Waals surface area (Å²) in [7, 11) is 5.93. The number of carboxylic acid groups (broad SMARTS) is 1. The Morgan fingerprint density at radius 2 is 0.983 bits per heavy atom. The summed E-state index contributed by atoms with van der Waals surface area (Å²) in [6.45, 7) is 4.66. The van der Waals surface area contributed by atoms with Crippen LogP contribution in [0.25, 0.3) is 0 Å². The van der Waals surface area contributed by atoms with Crippen molar-refractivity contribution in [2.24, 2.45) is 0 Å². The molecule has 2 atom stereocenters. The van der Waals surface area contributed by atoms with Crippen molar-refractivity contribution in [2.45, 2.75) is 180 Å². The second-order valence-electron chi connectivity index (χ2n) is 16.3. The summed E-state index contributed by atoms with van der Waals surface area (Å²) in [5.41, 5.74) is 0. The maximum absolute atomic E-state index is 12.7. The molecular formula is C50H86NO8+. The van der Waals surface area contributed by atoms with Crippen molar-refractivity contribution in [3.63, 3.8) is 0 Å². The Bertz CT molecular complexity index is 1200. The van der Waals surface area contributed by atoms with Crippen molar-refractivity contribution < 1.29 is 42.9 Å². The van der Waals surface area contributed by atoms with Gasteiger partial charge in [0.15, 0.2) is 6.10 Å². The molecule has 0 aromatic rings. The molecule has 9 heteroatoms. The van der Waals surface area contributed by atoms with Gasteiger partial charge in [0.25, 0.3) is 6.29 Å². The minimum absolute atomic E-state index is 0.173. The second kappa shape index (κ2) is 41.5. The Hall–Kier alpha value is -3.27. The van der Waals surface area contributed by atoms with Crippen LogP contribution in [0.2, 0.25) is 0 Å². The first kappa shape index (κ1) is 55.7. The summed E-state index contributed by atoms with van der Waals surface area (Å²) >= 11 is 0. The van der Waals surface area contributed by atoms with Gasteiger partial charge in [-0.1, -0.05) is 151 Å². The first-order valence-electron chi connectivity index (χ1n) is 23.1. The summed E-state index contributed by atoms with van der Waals surface area (Å²) in [4.78, 5) is 37.1. The molecule has 0 aromatic carbocycles. The molecule has 0 saturated heterocycles. The van der Waals surface area contributed by atoms with Gasteiger partial charge in [0.1, 0.15) is 13.2 Å². The first-order chi connectivity index (χ1) is 28.6. The number of carbonyl (C=O) groups is 3. The van der Waals surface area contributed by atoms with Crippen molar-refractivity contribution in [1.82, 2.24) is 0 Å². The highest BCUT2D eigenvalue weighted by molar-refractivity contribution is 5.71. The molecule has 0 rings (SSSR count). The smallest absolute Gasteiger partial charge is 0.361 e. The molecule has 0 aromatic heterocycles. The minimum Gasteiger partial charge on any atom is -0.477 e. The van der Waals surface area contributed by atoms with Gasteiger partial charge in [0.05, 0.1) is 34.4 Å². The zero-order valence-corrected chi connectivity index (χ0v) is 38.1. The lowest BCUT2D eigenvalue weighted by Gasteiger charge is -2.25. The van der Waals surface area contributed by atoms with E-state index in [2.05, 4.69) is 86.8 Å². The largest absolute Gasteiger partial charge is 0.477 e. The fourth-order valence-corrected chi connectivity index (χ4v) is 5.86. The Balaban J connectivity index is 4.53. The summed E-state index contributed by atoms with van der Waals surface area (Å²) in [5.74, 6) is -2.10. The average molecular weight is 829 g/mol. The number of carbonyl (C=O) groups excluding carboxylic acids is 2. The quantitative estimate of drug-likeness (QED) is 0.0213. The van der Waals surface area contributed by atoms with Crippen LogP contribution < -0.4 is 0 Å². The molecule has 0 aliphatic rings. The van der Waals surface area contributed by atoms with Crippen molar-refractivity contribution in [1.29, 1.82) is 0 Å². The molecule has 0 amide bonds. The third-order valence-corrected chi connectivity index (χ3v) is 9.45. The summed E-state index contributed by atoms with van der Waals surface area (Å²) in [6, 6.07) is 0. The van der Waals surface area contributed by atoms with E-state index >= 15 is 0 Å². The first-order valence-corrected chi connectivity index (χ1v) is 23.1. The van der Waals surface area contributed by atoms with E-state index in [1.165, 1.54) is 64.2 Å². The fraction of sp³-hybridized carbons (Fsp3) is 0.700. The Kier molecular flexibility index (Phi) is 39.2. The van der Waals surface area contributed by atoms with Crippen LogP contribution >= 0.6 is 0 Å². The zero-order chi connectivity index (χ0) is 43.5. The van der Waals surface area contributed by atoms with Gasteiger partial charge in [-0.15, -0.1) is 0 Å². The predicted octanol–water partition coefficient (Wildman–Crippen LogP) is 12.3. The van der Waals surface area contributed by atoms with E-state index < -0.39 is 24.3 Å². The number of nitrogens with zero attached hydrogens (tertiary/aromatic N) is 1. The van der Waals surface area contributed by atoms with Gasteiger partial charge in [0, 0.05) is 12.8 Å². The molecule has 1 N–H and O–H groups in total. The number of hydrogen-bond acceptors (Lipinski definition) is 7. The molecule has 59 heavy (non-hydrogen) atoms. The molecule has 0 radical (unpaired) electrons. The lowest BCUT2D eigenvalue weighted by atomic mass is 10.1. The number of likely N-dealkylation sites (N-methyl/N-ethyl adjacent to an activating group) is 1. The summed E-state index contributed by atoms with van der Waals surface area (Å²) in [6.07, 6.45) is 48.3. The van der Waals surface area contributed by atoms with Gasteiger partial charge in [-0.25, -0.2) is 4.79 Å². The third-order valence-electron chi connectivity index (χ3n) is 9.45. The number of rotatable bonds is 41. The number of carboxylic acids is 1.